The Balaban J connectivity index is 0.916. The number of carbonyl (C=O) groups is 4. The van der Waals surface area contributed by atoms with Gasteiger partial charge in [-0.15, -0.1) is 0 Å². The Morgan fingerprint density at radius 1 is 0.814 bits per heavy atom. The molecule has 59 heavy (non-hydrogen) atoms. The molecule has 0 spiro atoms. The third-order valence-electron chi connectivity index (χ3n) is 11.2. The van der Waals surface area contributed by atoms with Crippen LogP contribution in [0.15, 0.2) is 91.0 Å². The van der Waals surface area contributed by atoms with Crippen LogP contribution >= 0.6 is 0 Å². The van der Waals surface area contributed by atoms with E-state index in [2.05, 4.69) is 24.0 Å². The first kappa shape index (κ1) is 31.1. The topological polar surface area (TPSA) is 123 Å². The summed E-state index contributed by atoms with van der Waals surface area (Å²) >= 11 is 0. The van der Waals surface area contributed by atoms with Crippen LogP contribution in [-0.2, 0) is 9.59 Å². The molecule has 4 heterocycles. The monoisotopic (exact) mass is 807 g/mol. The molecule has 0 radical (unpaired) electrons. The molecule has 306 valence electrons. The number of imide groups is 2. The number of fused-ring (bicyclic) bond motifs is 1. The zero-order chi connectivity index (χ0) is 48.2. The molecule has 4 amide bonds. The van der Waals surface area contributed by atoms with Crippen molar-refractivity contribution in [3.05, 3.63) is 125 Å². The standard InChI is InChI=1S/C47H50FN5O6/c1-2-37(32-6-4-3-5-7-32)44(33-8-12-35(54)13-9-33)34-10-14-36(15-11-34)59-27-26-50-20-18-31(19-21-50)30-51-22-24-52(25-23-51)42-29-39-38(28-40(42)48)46(57)53(47(39)58)41-16-17-43(55)49-45(41)56/h3-15,28-29,31,41,54H,2,16-27,30H2,1H3,(H,49,55,56)/i22D2,23D2,24D2,25D2. The van der Waals surface area contributed by atoms with E-state index in [0.29, 0.717) is 66.8 Å². The SMILES string of the molecule is [2H]C1([2H])N(CC2CCN(CCOc3ccc(C(=C(CC)c4ccccc4)c4ccc(O)cc4)cc3)CC2)C([2H])([2H])C([2H])([2H])N(c2cc3c(cc2F)C(=O)N(C2CCC(=O)NC2=O)C3=O)C1([2H])[2H]. The summed E-state index contributed by atoms with van der Waals surface area (Å²) < 4.78 is 94.1. The summed E-state index contributed by atoms with van der Waals surface area (Å²) in [4.78, 5) is 54.4. The fraction of sp³-hybridized carbons (Fsp3) is 0.362. The third-order valence-corrected chi connectivity index (χ3v) is 11.2. The molecule has 0 aromatic heterocycles. The maximum absolute atomic E-state index is 16.1. The summed E-state index contributed by atoms with van der Waals surface area (Å²) in [6.07, 6.45) is 1.32. The number of anilines is 1. The number of phenolic OH excluding ortho intramolecular Hbond substituents is 1. The second kappa shape index (κ2) is 17.6. The first-order chi connectivity index (χ1) is 31.7. The molecule has 1 unspecified atom stereocenters. The zero-order valence-corrected chi connectivity index (χ0v) is 32.5. The molecule has 8 rings (SSSR count). The van der Waals surface area contributed by atoms with Crippen LogP contribution in [-0.4, -0.2) is 108 Å². The number of hydrogen-bond donors (Lipinski definition) is 2. The van der Waals surface area contributed by atoms with Gasteiger partial charge >= 0.3 is 0 Å². The lowest BCUT2D eigenvalue weighted by atomic mass is 9.88. The number of halogens is 1. The van der Waals surface area contributed by atoms with Crippen molar-refractivity contribution in [3.63, 3.8) is 0 Å². The van der Waals surface area contributed by atoms with Crippen molar-refractivity contribution in [2.45, 2.75) is 45.1 Å². The van der Waals surface area contributed by atoms with Crippen LogP contribution < -0.4 is 15.0 Å². The molecule has 1 atom stereocenters. The lowest BCUT2D eigenvalue weighted by Gasteiger charge is -2.39. The second-order valence-corrected chi connectivity index (χ2v) is 15.0. The van der Waals surface area contributed by atoms with Crippen molar-refractivity contribution in [2.24, 2.45) is 5.92 Å². The molecule has 4 aliphatic heterocycles. The number of ether oxygens (including phenoxy) is 1. The quantitative estimate of drug-likeness (QED) is 0.127. The van der Waals surface area contributed by atoms with E-state index in [1.54, 1.807) is 12.1 Å². The Kier molecular flexibility index (Phi) is 9.26. The summed E-state index contributed by atoms with van der Waals surface area (Å²) in [5.74, 6) is -4.62. The molecule has 12 heteroatoms. The first-order valence-corrected chi connectivity index (χ1v) is 19.9. The van der Waals surface area contributed by atoms with Crippen LogP contribution in [0.1, 0.15) is 87.4 Å². The van der Waals surface area contributed by atoms with Gasteiger partial charge in [-0.1, -0.05) is 61.5 Å². The number of allylic oxidation sites excluding steroid dienone is 1. The Labute approximate surface area is 355 Å². The molecule has 0 aliphatic carbocycles. The number of hydrogen-bond acceptors (Lipinski definition) is 9. The van der Waals surface area contributed by atoms with Gasteiger partial charge in [0, 0.05) is 51.0 Å². The van der Waals surface area contributed by atoms with Gasteiger partial charge < -0.3 is 14.7 Å². The number of carbonyl (C=O) groups excluding carboxylic acids is 4. The van der Waals surface area contributed by atoms with Gasteiger partial charge in [-0.05, 0) is 109 Å². The number of aromatic hydroxyl groups is 1. The maximum Gasteiger partial charge on any atom is 0.262 e. The minimum atomic E-state index is -3.45. The number of likely N-dealkylation sites (tertiary alicyclic amines) is 1. The van der Waals surface area contributed by atoms with Crippen molar-refractivity contribution in [3.8, 4) is 11.5 Å². The van der Waals surface area contributed by atoms with E-state index in [0.717, 1.165) is 34.3 Å². The van der Waals surface area contributed by atoms with E-state index < -0.39 is 78.3 Å². The lowest BCUT2D eigenvalue weighted by molar-refractivity contribution is -0.136. The van der Waals surface area contributed by atoms with Crippen molar-refractivity contribution < 1.29 is 44.4 Å². The molecular formula is C47H50FN5O6. The number of piperazine rings is 1. The molecule has 2 N–H and O–H groups in total. The Morgan fingerprint density at radius 2 is 1.46 bits per heavy atom. The van der Waals surface area contributed by atoms with Crippen molar-refractivity contribution in [1.29, 1.82) is 0 Å². The average molecular weight is 808 g/mol. The van der Waals surface area contributed by atoms with Gasteiger partial charge in [0.05, 0.1) is 22.3 Å². The predicted octanol–water partition coefficient (Wildman–Crippen LogP) is 6.21. The second-order valence-electron chi connectivity index (χ2n) is 15.0. The van der Waals surface area contributed by atoms with E-state index in [9.17, 15) is 24.3 Å². The summed E-state index contributed by atoms with van der Waals surface area (Å²) in [6.45, 7) is -9.73. The molecule has 4 aromatic carbocycles. The number of nitrogens with one attached hydrogen (secondary N) is 1. The Morgan fingerprint density at radius 3 is 2.10 bits per heavy atom. The van der Waals surface area contributed by atoms with Crippen LogP contribution in [0.2, 0.25) is 0 Å². The minimum absolute atomic E-state index is 0.0210. The first-order valence-electron chi connectivity index (χ1n) is 23.9. The Hall–Kier alpha value is -5.85. The van der Waals surface area contributed by atoms with Gasteiger partial charge in [-0.3, -0.25) is 39.2 Å². The molecule has 3 fully saturated rings. The fourth-order valence-corrected chi connectivity index (χ4v) is 8.11. The number of amides is 4. The number of nitrogens with zero attached hydrogens (tertiary/aromatic N) is 4. The summed E-state index contributed by atoms with van der Waals surface area (Å²) in [5.41, 5.74) is 3.23. The lowest BCUT2D eigenvalue weighted by Crippen LogP contribution is -2.54. The van der Waals surface area contributed by atoms with E-state index in [-0.39, 0.29) is 36.0 Å². The van der Waals surface area contributed by atoms with Crippen molar-refractivity contribution in [2.75, 3.05) is 63.7 Å². The highest BCUT2D eigenvalue weighted by atomic mass is 19.1. The average Bonchev–Trinajstić information content (AvgIpc) is 3.52. The van der Waals surface area contributed by atoms with Crippen LogP contribution in [0.25, 0.3) is 11.1 Å². The van der Waals surface area contributed by atoms with Crippen LogP contribution in [0.5, 0.6) is 11.5 Å². The summed E-state index contributed by atoms with van der Waals surface area (Å²) in [6, 6.07) is 25.0. The van der Waals surface area contributed by atoms with Crippen LogP contribution in [0.4, 0.5) is 10.1 Å². The molecular weight excluding hydrogens is 750 g/mol. The van der Waals surface area contributed by atoms with Crippen LogP contribution in [0.3, 0.4) is 0 Å². The van der Waals surface area contributed by atoms with Gasteiger partial charge in [0.25, 0.3) is 11.8 Å². The number of rotatable bonds is 12. The summed E-state index contributed by atoms with van der Waals surface area (Å²) in [7, 11) is 0. The van der Waals surface area contributed by atoms with E-state index in [1.165, 1.54) is 0 Å². The van der Waals surface area contributed by atoms with Gasteiger partial charge in [-0.2, -0.15) is 0 Å². The minimum Gasteiger partial charge on any atom is -0.508 e. The van der Waals surface area contributed by atoms with Crippen LogP contribution in [0, 0.1) is 11.7 Å². The van der Waals surface area contributed by atoms with E-state index in [1.807, 2.05) is 59.9 Å². The Bertz CT molecular complexity index is 2580. The molecule has 3 saturated heterocycles. The molecule has 4 aliphatic rings. The van der Waals surface area contributed by atoms with E-state index in [4.69, 9.17) is 15.7 Å². The fourth-order valence-electron chi connectivity index (χ4n) is 8.11. The van der Waals surface area contributed by atoms with E-state index >= 15 is 4.39 Å². The van der Waals surface area contributed by atoms with Gasteiger partial charge in [0.1, 0.15) is 30.0 Å². The van der Waals surface area contributed by atoms with Crippen molar-refractivity contribution in [1.82, 2.24) is 20.0 Å². The van der Waals surface area contributed by atoms with Gasteiger partial charge in [-0.25, -0.2) is 4.39 Å². The molecule has 0 saturated carbocycles. The normalized spacial score (nSPS) is 25.2. The number of piperidine rings is 2. The zero-order valence-electron chi connectivity index (χ0n) is 40.5. The molecule has 0 bridgehead atoms. The third kappa shape index (κ3) is 8.65. The smallest absolute Gasteiger partial charge is 0.262 e. The molecule has 4 aromatic rings. The van der Waals surface area contributed by atoms with Gasteiger partial charge in [0.2, 0.25) is 11.8 Å². The van der Waals surface area contributed by atoms with Gasteiger partial charge in [0.15, 0.2) is 0 Å². The largest absolute Gasteiger partial charge is 0.508 e. The van der Waals surface area contributed by atoms with Crippen molar-refractivity contribution >= 4 is 40.5 Å². The predicted molar refractivity (Wildman–Crippen MR) is 224 cm³/mol. The highest BCUT2D eigenvalue weighted by Crippen LogP contribution is 2.36. The highest BCUT2D eigenvalue weighted by Gasteiger charge is 2.45. The maximum atomic E-state index is 16.1. The highest BCUT2D eigenvalue weighted by molar-refractivity contribution is 6.23. The molecule has 11 nitrogen and oxygen atoms in total. The number of phenols is 1. The summed E-state index contributed by atoms with van der Waals surface area (Å²) in [5, 5.41) is 12.0. The number of benzene rings is 4.